The minimum atomic E-state index is -0.546. The Morgan fingerprint density at radius 1 is 1.14 bits per heavy atom. The molecule has 1 heterocycles. The first kappa shape index (κ1) is 20.5. The Labute approximate surface area is 173 Å². The molecule has 2 amide bonds. The molecule has 3 rings (SSSR count). The smallest absolute Gasteiger partial charge is 0.283 e. The van der Waals surface area contributed by atoms with Crippen LogP contribution in [0.15, 0.2) is 59.2 Å². The van der Waals surface area contributed by atoms with Crippen molar-refractivity contribution in [2.75, 3.05) is 19.1 Å². The predicted octanol–water partition coefficient (Wildman–Crippen LogP) is 3.05. The third-order valence-electron chi connectivity index (χ3n) is 4.24. The number of amides is 2. The Morgan fingerprint density at radius 3 is 2.45 bits per heavy atom. The third-order valence-corrected chi connectivity index (χ3v) is 5.31. The Bertz CT molecular complexity index is 986. The van der Waals surface area contributed by atoms with Gasteiger partial charge in [-0.05, 0) is 42.8 Å². The molecule has 0 fully saturated rings. The lowest BCUT2D eigenvalue weighted by atomic mass is 10.2. The molecule has 1 aliphatic heterocycles. The molecule has 0 spiro atoms. The number of primary amides is 1. The molecule has 0 bridgehead atoms. The topological polar surface area (TPSA) is 94.2 Å². The van der Waals surface area contributed by atoms with Crippen molar-refractivity contribution < 1.29 is 19.1 Å². The summed E-state index contributed by atoms with van der Waals surface area (Å²) in [6, 6.07) is 14.4. The molecule has 0 radical (unpaired) electrons. The van der Waals surface area contributed by atoms with Crippen molar-refractivity contribution in [3.63, 3.8) is 0 Å². The zero-order valence-electron chi connectivity index (χ0n) is 16.3. The van der Waals surface area contributed by atoms with Crippen molar-refractivity contribution in [2.45, 2.75) is 12.2 Å². The van der Waals surface area contributed by atoms with E-state index in [1.54, 1.807) is 63.6 Å². The van der Waals surface area contributed by atoms with Crippen LogP contribution in [0.2, 0.25) is 0 Å². The number of aliphatic imine (C=N–C) groups is 1. The molecule has 1 atom stereocenters. The van der Waals surface area contributed by atoms with Gasteiger partial charge in [0.1, 0.15) is 17.2 Å². The fourth-order valence-corrected chi connectivity index (χ4v) is 3.50. The van der Waals surface area contributed by atoms with E-state index in [1.807, 2.05) is 12.1 Å². The van der Waals surface area contributed by atoms with E-state index in [0.29, 0.717) is 16.6 Å². The first-order chi connectivity index (χ1) is 13.9. The maximum Gasteiger partial charge on any atom is 0.283 e. The highest BCUT2D eigenvalue weighted by Crippen LogP contribution is 2.32. The van der Waals surface area contributed by atoms with E-state index >= 15 is 0 Å². The highest BCUT2D eigenvalue weighted by atomic mass is 32.2. The Morgan fingerprint density at radius 2 is 1.83 bits per heavy atom. The lowest BCUT2D eigenvalue weighted by Gasteiger charge is -2.19. The Hall–Kier alpha value is -3.26. The van der Waals surface area contributed by atoms with Crippen LogP contribution < -0.4 is 20.1 Å². The van der Waals surface area contributed by atoms with Gasteiger partial charge in [0.15, 0.2) is 5.17 Å². The van der Waals surface area contributed by atoms with Crippen LogP contribution in [-0.2, 0) is 9.59 Å². The monoisotopic (exact) mass is 411 g/mol. The van der Waals surface area contributed by atoms with E-state index < -0.39 is 11.2 Å². The lowest BCUT2D eigenvalue weighted by Crippen LogP contribution is -2.33. The molecule has 7 nitrogen and oxygen atoms in total. The van der Waals surface area contributed by atoms with Gasteiger partial charge >= 0.3 is 0 Å². The van der Waals surface area contributed by atoms with Crippen molar-refractivity contribution in [1.82, 2.24) is 0 Å². The number of hydrogen-bond acceptors (Lipinski definition) is 6. The summed E-state index contributed by atoms with van der Waals surface area (Å²) >= 11 is 1.13. The van der Waals surface area contributed by atoms with E-state index in [0.717, 1.165) is 23.1 Å². The number of hydrogen-bond donors (Lipinski definition) is 1. The van der Waals surface area contributed by atoms with Gasteiger partial charge < -0.3 is 15.2 Å². The summed E-state index contributed by atoms with van der Waals surface area (Å²) in [5.41, 5.74) is 7.06. The van der Waals surface area contributed by atoms with Gasteiger partial charge in [0.25, 0.3) is 5.91 Å². The number of carbonyl (C=O) groups is 2. The number of amidine groups is 1. The van der Waals surface area contributed by atoms with Gasteiger partial charge in [-0.2, -0.15) is 0 Å². The van der Waals surface area contributed by atoms with Crippen LogP contribution in [0.4, 0.5) is 5.69 Å². The molecule has 29 heavy (non-hydrogen) atoms. The van der Waals surface area contributed by atoms with Crippen molar-refractivity contribution in [2.24, 2.45) is 10.7 Å². The standard InChI is InChI=1S/C21H21N3O4S/c1-13(19(22)25)29-21-23-18(11-14-7-9-16(27-2)10-8-14)20(26)24(21)15-5-4-6-17(12-15)28-3/h4-13H,1-3H3,(H2,22,25)/b18-11-. The number of thioether (sulfide) groups is 1. The van der Waals surface area contributed by atoms with Crippen LogP contribution in [0.3, 0.4) is 0 Å². The van der Waals surface area contributed by atoms with E-state index in [4.69, 9.17) is 15.2 Å². The summed E-state index contributed by atoms with van der Waals surface area (Å²) in [5.74, 6) is 0.546. The van der Waals surface area contributed by atoms with Gasteiger partial charge in [0.05, 0.1) is 25.2 Å². The summed E-state index contributed by atoms with van der Waals surface area (Å²) in [6.07, 6.45) is 1.69. The maximum atomic E-state index is 13.1. The zero-order valence-corrected chi connectivity index (χ0v) is 17.1. The SMILES string of the molecule is COc1ccc(/C=C2\N=C(SC(C)C(N)=O)N(c3cccc(OC)c3)C2=O)cc1. The number of nitrogens with zero attached hydrogens (tertiary/aromatic N) is 2. The fourth-order valence-electron chi connectivity index (χ4n) is 2.63. The highest BCUT2D eigenvalue weighted by molar-refractivity contribution is 8.15. The van der Waals surface area contributed by atoms with Gasteiger partial charge in [-0.25, -0.2) is 4.99 Å². The molecule has 0 aromatic heterocycles. The number of methoxy groups -OCH3 is 2. The van der Waals surface area contributed by atoms with Gasteiger partial charge in [-0.15, -0.1) is 0 Å². The second-order valence-electron chi connectivity index (χ2n) is 6.20. The molecule has 0 aliphatic carbocycles. The summed E-state index contributed by atoms with van der Waals surface area (Å²) in [4.78, 5) is 30.6. The molecular formula is C21H21N3O4S. The quantitative estimate of drug-likeness (QED) is 0.738. The highest BCUT2D eigenvalue weighted by Gasteiger charge is 2.34. The van der Waals surface area contributed by atoms with Crippen molar-refractivity contribution >= 4 is 40.5 Å². The molecule has 8 heteroatoms. The number of rotatable bonds is 6. The maximum absolute atomic E-state index is 13.1. The molecule has 2 N–H and O–H groups in total. The lowest BCUT2D eigenvalue weighted by molar-refractivity contribution is -0.117. The van der Waals surface area contributed by atoms with Crippen LogP contribution in [0.25, 0.3) is 6.08 Å². The number of ether oxygens (including phenoxy) is 2. The summed E-state index contributed by atoms with van der Waals surface area (Å²) < 4.78 is 10.4. The van der Waals surface area contributed by atoms with Crippen LogP contribution in [0, 0.1) is 0 Å². The summed E-state index contributed by atoms with van der Waals surface area (Å²) in [6.45, 7) is 1.68. The normalized spacial score (nSPS) is 16.0. The molecule has 0 saturated heterocycles. The second-order valence-corrected chi connectivity index (χ2v) is 7.51. The average Bonchev–Trinajstić information content (AvgIpc) is 3.03. The van der Waals surface area contributed by atoms with Gasteiger partial charge in [-0.3, -0.25) is 14.5 Å². The molecular weight excluding hydrogens is 390 g/mol. The zero-order chi connectivity index (χ0) is 21.0. The van der Waals surface area contributed by atoms with Crippen molar-refractivity contribution in [3.8, 4) is 11.5 Å². The van der Waals surface area contributed by atoms with Gasteiger partial charge in [-0.1, -0.05) is 30.0 Å². The first-order valence-electron chi connectivity index (χ1n) is 8.82. The van der Waals surface area contributed by atoms with E-state index in [2.05, 4.69) is 4.99 Å². The van der Waals surface area contributed by atoms with Crippen molar-refractivity contribution in [3.05, 3.63) is 59.8 Å². The second kappa shape index (κ2) is 8.83. The molecule has 2 aromatic rings. The van der Waals surface area contributed by atoms with Crippen molar-refractivity contribution in [1.29, 1.82) is 0 Å². The number of anilines is 1. The molecule has 1 aliphatic rings. The van der Waals surface area contributed by atoms with Crippen LogP contribution >= 0.6 is 11.8 Å². The summed E-state index contributed by atoms with van der Waals surface area (Å²) in [5, 5.41) is -0.163. The fraction of sp³-hybridized carbons (Fsp3) is 0.190. The Balaban J connectivity index is 1.99. The molecule has 0 saturated carbocycles. The Kier molecular flexibility index (Phi) is 6.23. The summed E-state index contributed by atoms with van der Waals surface area (Å²) in [7, 11) is 3.15. The minimum Gasteiger partial charge on any atom is -0.497 e. The number of benzene rings is 2. The first-order valence-corrected chi connectivity index (χ1v) is 9.70. The van der Waals surface area contributed by atoms with Crippen LogP contribution in [0.1, 0.15) is 12.5 Å². The molecule has 150 valence electrons. The van der Waals surface area contributed by atoms with Gasteiger partial charge in [0.2, 0.25) is 5.91 Å². The average molecular weight is 411 g/mol. The largest absolute Gasteiger partial charge is 0.497 e. The number of carbonyl (C=O) groups excluding carboxylic acids is 2. The molecule has 1 unspecified atom stereocenters. The van der Waals surface area contributed by atoms with E-state index in [9.17, 15) is 9.59 Å². The van der Waals surface area contributed by atoms with E-state index in [1.165, 1.54) is 4.90 Å². The predicted molar refractivity (Wildman–Crippen MR) is 115 cm³/mol. The minimum absolute atomic E-state index is 0.261. The van der Waals surface area contributed by atoms with Crippen LogP contribution in [0.5, 0.6) is 11.5 Å². The number of nitrogens with two attached hydrogens (primary N) is 1. The van der Waals surface area contributed by atoms with Crippen LogP contribution in [-0.4, -0.2) is 36.5 Å². The van der Waals surface area contributed by atoms with E-state index in [-0.39, 0.29) is 11.6 Å². The molecule has 2 aromatic carbocycles. The third kappa shape index (κ3) is 4.60. The van der Waals surface area contributed by atoms with Gasteiger partial charge in [0, 0.05) is 6.07 Å².